The van der Waals surface area contributed by atoms with Crippen molar-refractivity contribution in [2.24, 2.45) is 5.92 Å². The summed E-state index contributed by atoms with van der Waals surface area (Å²) in [5.74, 6) is 0.447. The van der Waals surface area contributed by atoms with Crippen LogP contribution < -0.4 is 5.32 Å². The van der Waals surface area contributed by atoms with Gasteiger partial charge in [-0.15, -0.1) is 0 Å². The van der Waals surface area contributed by atoms with Crippen LogP contribution in [0.25, 0.3) is 0 Å². The molecule has 0 bridgehead atoms. The van der Waals surface area contributed by atoms with Crippen molar-refractivity contribution in [1.29, 1.82) is 0 Å². The van der Waals surface area contributed by atoms with Crippen LogP contribution in [0.5, 0.6) is 0 Å². The molecule has 1 amide bonds. The molecular weight excluding hydrogens is 180 g/mol. The number of carbonyl (C=O) groups is 1. The van der Waals surface area contributed by atoms with Crippen molar-refractivity contribution < 1.29 is 9.90 Å². The van der Waals surface area contributed by atoms with Crippen molar-refractivity contribution in [3.63, 3.8) is 0 Å². The first kappa shape index (κ1) is 9.68. The molecule has 2 aliphatic rings. The molecule has 2 saturated heterocycles. The van der Waals surface area contributed by atoms with Gasteiger partial charge in [0.05, 0.1) is 0 Å². The maximum Gasteiger partial charge on any atom is 0.249 e. The zero-order valence-corrected chi connectivity index (χ0v) is 8.42. The molecular formula is C10H16N2O2. The average molecular weight is 196 g/mol. The van der Waals surface area contributed by atoms with Crippen LogP contribution in [0.15, 0.2) is 11.1 Å². The van der Waals surface area contributed by atoms with Crippen molar-refractivity contribution in [2.45, 2.75) is 6.92 Å². The van der Waals surface area contributed by atoms with Gasteiger partial charge in [0.15, 0.2) is 0 Å². The highest BCUT2D eigenvalue weighted by Crippen LogP contribution is 2.19. The lowest BCUT2D eigenvalue weighted by Crippen LogP contribution is -2.52. The smallest absolute Gasteiger partial charge is 0.249 e. The number of amides is 1. The lowest BCUT2D eigenvalue weighted by Gasteiger charge is -2.39. The summed E-state index contributed by atoms with van der Waals surface area (Å²) in [6.45, 7) is 5.23. The molecule has 2 fully saturated rings. The molecule has 78 valence electrons. The standard InChI is InChI=1S/C10H16N2O2/c1-7(9-2-11-3-9)10(14)12-4-8(5-12)6-13/h8,11,13H,2-6H2,1H3. The zero-order chi connectivity index (χ0) is 10.1. The fourth-order valence-electron chi connectivity index (χ4n) is 1.75. The molecule has 14 heavy (non-hydrogen) atoms. The van der Waals surface area contributed by atoms with Gasteiger partial charge in [-0.3, -0.25) is 4.79 Å². The van der Waals surface area contributed by atoms with Crippen LogP contribution in [0.3, 0.4) is 0 Å². The maximum atomic E-state index is 11.8. The summed E-state index contributed by atoms with van der Waals surface area (Å²) >= 11 is 0. The summed E-state index contributed by atoms with van der Waals surface area (Å²) in [5, 5.41) is 12.0. The molecule has 0 radical (unpaired) electrons. The van der Waals surface area contributed by atoms with Gasteiger partial charge in [0.1, 0.15) is 0 Å². The van der Waals surface area contributed by atoms with Gasteiger partial charge in [-0.1, -0.05) is 0 Å². The van der Waals surface area contributed by atoms with E-state index in [-0.39, 0.29) is 12.5 Å². The van der Waals surface area contributed by atoms with E-state index in [4.69, 9.17) is 5.11 Å². The number of aliphatic hydroxyl groups excluding tert-OH is 1. The fraction of sp³-hybridized carbons (Fsp3) is 0.700. The number of aliphatic hydroxyl groups is 1. The van der Waals surface area contributed by atoms with E-state index in [1.54, 1.807) is 0 Å². The van der Waals surface area contributed by atoms with Gasteiger partial charge >= 0.3 is 0 Å². The van der Waals surface area contributed by atoms with E-state index in [0.29, 0.717) is 19.0 Å². The van der Waals surface area contributed by atoms with E-state index in [1.807, 2.05) is 11.8 Å². The highest BCUT2D eigenvalue weighted by atomic mass is 16.3. The number of hydrogen-bond acceptors (Lipinski definition) is 3. The predicted octanol–water partition coefficient (Wildman–Crippen LogP) is -0.643. The molecule has 4 heteroatoms. The van der Waals surface area contributed by atoms with Crippen molar-refractivity contribution in [3.05, 3.63) is 11.1 Å². The normalized spacial score (nSPS) is 21.6. The molecule has 0 spiro atoms. The van der Waals surface area contributed by atoms with Crippen molar-refractivity contribution in [3.8, 4) is 0 Å². The van der Waals surface area contributed by atoms with Crippen molar-refractivity contribution in [1.82, 2.24) is 10.2 Å². The van der Waals surface area contributed by atoms with Crippen molar-refractivity contribution in [2.75, 3.05) is 32.8 Å². The quantitative estimate of drug-likeness (QED) is 0.577. The Kier molecular flexibility index (Phi) is 2.56. The molecule has 0 saturated carbocycles. The van der Waals surface area contributed by atoms with Crippen LogP contribution >= 0.6 is 0 Å². The first-order valence-electron chi connectivity index (χ1n) is 5.02. The second-order valence-electron chi connectivity index (χ2n) is 4.09. The SMILES string of the molecule is CC(C(=O)N1CC(CO)C1)=C1CNC1. The third-order valence-corrected chi connectivity index (χ3v) is 3.03. The average Bonchev–Trinajstić information content (AvgIpc) is 1.98. The van der Waals surface area contributed by atoms with Gasteiger partial charge in [-0.2, -0.15) is 0 Å². The van der Waals surface area contributed by atoms with Gasteiger partial charge in [0.25, 0.3) is 0 Å². The minimum absolute atomic E-state index is 0.145. The van der Waals surface area contributed by atoms with E-state index in [0.717, 1.165) is 18.7 Å². The van der Waals surface area contributed by atoms with E-state index in [2.05, 4.69) is 5.32 Å². The van der Waals surface area contributed by atoms with E-state index >= 15 is 0 Å². The van der Waals surface area contributed by atoms with Crippen LogP contribution in [0.4, 0.5) is 0 Å². The van der Waals surface area contributed by atoms with Crippen LogP contribution in [-0.2, 0) is 4.79 Å². The minimum atomic E-state index is 0.145. The molecule has 0 aromatic heterocycles. The lowest BCUT2D eigenvalue weighted by atomic mass is 9.97. The Morgan fingerprint density at radius 3 is 2.64 bits per heavy atom. The van der Waals surface area contributed by atoms with Gasteiger partial charge in [0, 0.05) is 44.3 Å². The summed E-state index contributed by atoms with van der Waals surface area (Å²) in [5.41, 5.74) is 2.11. The monoisotopic (exact) mass is 196 g/mol. The largest absolute Gasteiger partial charge is 0.396 e. The summed E-state index contributed by atoms with van der Waals surface area (Å²) in [6.07, 6.45) is 0. The number of likely N-dealkylation sites (tertiary alicyclic amines) is 1. The zero-order valence-electron chi connectivity index (χ0n) is 8.42. The molecule has 2 rings (SSSR count). The van der Waals surface area contributed by atoms with Crippen LogP contribution in [0, 0.1) is 5.92 Å². The second-order valence-corrected chi connectivity index (χ2v) is 4.09. The summed E-state index contributed by atoms with van der Waals surface area (Å²) in [4.78, 5) is 13.6. The Labute approximate surface area is 83.6 Å². The molecule has 0 aromatic rings. The minimum Gasteiger partial charge on any atom is -0.396 e. The Morgan fingerprint density at radius 2 is 2.21 bits per heavy atom. The first-order valence-corrected chi connectivity index (χ1v) is 5.02. The predicted molar refractivity (Wildman–Crippen MR) is 52.7 cm³/mol. The molecule has 4 nitrogen and oxygen atoms in total. The Hall–Kier alpha value is -0.870. The lowest BCUT2D eigenvalue weighted by molar-refractivity contribution is -0.134. The highest BCUT2D eigenvalue weighted by Gasteiger charge is 2.31. The molecule has 0 unspecified atom stereocenters. The topological polar surface area (TPSA) is 52.6 Å². The fourth-order valence-corrected chi connectivity index (χ4v) is 1.75. The van der Waals surface area contributed by atoms with Gasteiger partial charge < -0.3 is 15.3 Å². The van der Waals surface area contributed by atoms with Gasteiger partial charge in [-0.05, 0) is 12.5 Å². The number of hydrogen-bond donors (Lipinski definition) is 2. The van der Waals surface area contributed by atoms with E-state index < -0.39 is 0 Å². The summed E-state index contributed by atoms with van der Waals surface area (Å²) in [6, 6.07) is 0. The van der Waals surface area contributed by atoms with Crippen molar-refractivity contribution >= 4 is 5.91 Å². The van der Waals surface area contributed by atoms with Gasteiger partial charge in [-0.25, -0.2) is 0 Å². The molecule has 2 aliphatic heterocycles. The molecule has 0 aliphatic carbocycles. The number of carbonyl (C=O) groups excluding carboxylic acids is 1. The highest BCUT2D eigenvalue weighted by molar-refractivity contribution is 5.94. The van der Waals surface area contributed by atoms with Crippen LogP contribution in [0.2, 0.25) is 0 Å². The van der Waals surface area contributed by atoms with Gasteiger partial charge in [0.2, 0.25) is 5.91 Å². The number of nitrogens with zero attached hydrogens (tertiary/aromatic N) is 1. The van der Waals surface area contributed by atoms with E-state index in [9.17, 15) is 4.79 Å². The third kappa shape index (κ3) is 1.55. The second kappa shape index (κ2) is 3.71. The first-order chi connectivity index (χ1) is 6.72. The Bertz CT molecular complexity index is 274. The Morgan fingerprint density at radius 1 is 1.57 bits per heavy atom. The van der Waals surface area contributed by atoms with E-state index in [1.165, 1.54) is 5.57 Å². The summed E-state index contributed by atoms with van der Waals surface area (Å²) < 4.78 is 0. The summed E-state index contributed by atoms with van der Waals surface area (Å²) in [7, 11) is 0. The van der Waals surface area contributed by atoms with Crippen LogP contribution in [0.1, 0.15) is 6.92 Å². The third-order valence-electron chi connectivity index (χ3n) is 3.03. The van der Waals surface area contributed by atoms with Crippen LogP contribution in [-0.4, -0.2) is 48.7 Å². The Balaban J connectivity index is 1.90. The maximum absolute atomic E-state index is 11.8. The molecule has 0 aromatic carbocycles. The molecule has 2 heterocycles. The number of nitrogens with one attached hydrogen (secondary N) is 1. The number of rotatable bonds is 2. The molecule has 0 atom stereocenters. The molecule has 2 N–H and O–H groups in total.